The third kappa shape index (κ3) is 5.17. The molecule has 1 amide bonds. The molecule has 1 unspecified atom stereocenters. The lowest BCUT2D eigenvalue weighted by Gasteiger charge is -2.32. The fourth-order valence-electron chi connectivity index (χ4n) is 4.48. The summed E-state index contributed by atoms with van der Waals surface area (Å²) in [6, 6.07) is 5.16. The number of Topliss-reactive ketones (excluding diaryl/α,β-unsaturated/α-hetero) is 1. The molecule has 0 spiro atoms. The van der Waals surface area contributed by atoms with Crippen LogP contribution in [0.15, 0.2) is 34.6 Å². The van der Waals surface area contributed by atoms with Crippen LogP contribution in [0.2, 0.25) is 0 Å². The number of carbonyl (C=O) groups excluding carboxylic acids is 2. The largest absolute Gasteiger partial charge is 0.493 e. The van der Waals surface area contributed by atoms with Crippen molar-refractivity contribution in [3.63, 3.8) is 0 Å². The fraction of sp³-hybridized carbons (Fsp3) is 0.520. The minimum absolute atomic E-state index is 0.0657. The lowest BCUT2D eigenvalue weighted by Crippen LogP contribution is -2.34. The van der Waals surface area contributed by atoms with E-state index in [0.29, 0.717) is 42.1 Å². The number of methoxy groups -OCH3 is 1. The molecule has 2 heterocycles. The van der Waals surface area contributed by atoms with Crippen molar-refractivity contribution in [3.05, 3.63) is 35.0 Å². The van der Waals surface area contributed by atoms with Gasteiger partial charge in [0.05, 0.1) is 7.11 Å². The van der Waals surface area contributed by atoms with E-state index in [9.17, 15) is 9.59 Å². The summed E-state index contributed by atoms with van der Waals surface area (Å²) in [5.74, 6) is 2.59. The molecule has 2 aromatic rings. The van der Waals surface area contributed by atoms with E-state index in [1.54, 1.807) is 34.5 Å². The number of amides is 1. The summed E-state index contributed by atoms with van der Waals surface area (Å²) >= 11 is 1.60. The minimum atomic E-state index is -0.405. The highest BCUT2D eigenvalue weighted by molar-refractivity contribution is 7.99. The summed E-state index contributed by atoms with van der Waals surface area (Å²) in [6.45, 7) is 7.20. The Balaban J connectivity index is 1.68. The van der Waals surface area contributed by atoms with Crippen LogP contribution in [0, 0.1) is 0 Å². The molecule has 1 aliphatic heterocycles. The van der Waals surface area contributed by atoms with Crippen molar-refractivity contribution in [2.24, 2.45) is 0 Å². The summed E-state index contributed by atoms with van der Waals surface area (Å²) in [5.41, 5.74) is 2.50. The highest BCUT2D eigenvalue weighted by Crippen LogP contribution is 2.42. The monoisotopic (exact) mass is 499 g/mol. The Hall–Kier alpha value is -3.01. The first-order valence-corrected chi connectivity index (χ1v) is 13.2. The van der Waals surface area contributed by atoms with Crippen LogP contribution in [-0.2, 0) is 9.59 Å². The SMILES string of the molecule is CCCSc1nc2n(n1)C(c1ccc(OCC(=O)N(CC)CC)c(OC)c1)C1=C(CCCC1=O)N2. The molecular weight excluding hydrogens is 466 g/mol. The summed E-state index contributed by atoms with van der Waals surface area (Å²) < 4.78 is 13.2. The van der Waals surface area contributed by atoms with Crippen LogP contribution in [0.1, 0.15) is 58.1 Å². The van der Waals surface area contributed by atoms with Crippen LogP contribution < -0.4 is 14.8 Å². The summed E-state index contributed by atoms with van der Waals surface area (Å²) in [5, 5.41) is 8.79. The Morgan fingerprint density at radius 1 is 1.23 bits per heavy atom. The number of nitrogens with one attached hydrogen (secondary N) is 1. The van der Waals surface area contributed by atoms with Crippen LogP contribution in [0.5, 0.6) is 11.5 Å². The van der Waals surface area contributed by atoms with Gasteiger partial charge in [0.25, 0.3) is 5.91 Å². The number of hydrogen-bond acceptors (Lipinski definition) is 8. The normalized spacial score (nSPS) is 16.9. The van der Waals surface area contributed by atoms with Crippen molar-refractivity contribution in [3.8, 4) is 11.5 Å². The van der Waals surface area contributed by atoms with Crippen molar-refractivity contribution < 1.29 is 19.1 Å². The first-order valence-electron chi connectivity index (χ1n) is 12.2. The van der Waals surface area contributed by atoms with E-state index >= 15 is 0 Å². The third-order valence-corrected chi connectivity index (χ3v) is 7.30. The second kappa shape index (κ2) is 11.2. The predicted molar refractivity (Wildman–Crippen MR) is 135 cm³/mol. The topological polar surface area (TPSA) is 98.6 Å². The quantitative estimate of drug-likeness (QED) is 0.489. The lowest BCUT2D eigenvalue weighted by atomic mass is 9.85. The standard InChI is InChI=1S/C25H33N5O4S/c1-5-13-35-25-27-24-26-17-9-8-10-18(31)22(17)23(30(24)28-25)16-11-12-19(20(14-16)33-4)34-15-21(32)29(6-2)7-3/h11-12,14,23H,5-10,13,15H2,1-4H3,(H,26,27,28). The highest BCUT2D eigenvalue weighted by Gasteiger charge is 2.37. The molecule has 1 aromatic carbocycles. The van der Waals surface area contributed by atoms with Gasteiger partial charge in [0, 0.05) is 36.5 Å². The molecule has 188 valence electrons. The number of thioether (sulfide) groups is 1. The van der Waals surface area contributed by atoms with Crippen molar-refractivity contribution >= 4 is 29.4 Å². The van der Waals surface area contributed by atoms with E-state index in [4.69, 9.17) is 14.6 Å². The van der Waals surface area contributed by atoms with Gasteiger partial charge in [-0.05, 0) is 50.8 Å². The van der Waals surface area contributed by atoms with Crippen molar-refractivity contribution in [1.82, 2.24) is 19.7 Å². The Morgan fingerprint density at radius 3 is 2.74 bits per heavy atom. The molecule has 0 radical (unpaired) electrons. The number of likely N-dealkylation sites (N-methyl/N-ethyl adjacent to an activating group) is 1. The van der Waals surface area contributed by atoms with Crippen molar-refractivity contribution in [2.45, 2.75) is 57.7 Å². The molecule has 10 heteroatoms. The van der Waals surface area contributed by atoms with Gasteiger partial charge in [0.1, 0.15) is 6.04 Å². The molecule has 0 bridgehead atoms. The number of fused-ring (bicyclic) bond motifs is 1. The summed E-state index contributed by atoms with van der Waals surface area (Å²) in [6.07, 6.45) is 3.16. The van der Waals surface area contributed by atoms with E-state index in [1.165, 1.54) is 0 Å². The van der Waals surface area contributed by atoms with E-state index in [2.05, 4.69) is 17.2 Å². The Labute approximate surface area is 210 Å². The number of carbonyl (C=O) groups is 2. The Bertz CT molecular complexity index is 1130. The molecule has 1 aliphatic carbocycles. The zero-order valence-electron chi connectivity index (χ0n) is 20.8. The van der Waals surface area contributed by atoms with Crippen LogP contribution in [0.4, 0.5) is 5.95 Å². The van der Waals surface area contributed by atoms with Crippen LogP contribution in [-0.4, -0.2) is 63.9 Å². The van der Waals surface area contributed by atoms with Crippen LogP contribution in [0.3, 0.4) is 0 Å². The number of aromatic nitrogens is 3. The average molecular weight is 500 g/mol. The van der Waals surface area contributed by atoms with Gasteiger partial charge in [-0.15, -0.1) is 5.10 Å². The summed E-state index contributed by atoms with van der Waals surface area (Å²) in [7, 11) is 1.57. The van der Waals surface area contributed by atoms with E-state index in [-0.39, 0.29) is 18.3 Å². The van der Waals surface area contributed by atoms with Gasteiger partial charge in [-0.25, -0.2) is 4.68 Å². The number of anilines is 1. The molecule has 1 aromatic heterocycles. The number of rotatable bonds is 10. The predicted octanol–water partition coefficient (Wildman–Crippen LogP) is 4.06. The average Bonchev–Trinajstić information content (AvgIpc) is 3.28. The molecule has 35 heavy (non-hydrogen) atoms. The number of allylic oxidation sites excluding steroid dienone is 2. The first kappa shape index (κ1) is 25.1. The maximum atomic E-state index is 13.1. The Kier molecular flexibility index (Phi) is 8.00. The second-order valence-electron chi connectivity index (χ2n) is 8.47. The van der Waals surface area contributed by atoms with Gasteiger partial charge in [-0.1, -0.05) is 24.8 Å². The van der Waals surface area contributed by atoms with E-state index in [0.717, 1.165) is 41.8 Å². The molecule has 0 fully saturated rings. The fourth-order valence-corrected chi connectivity index (χ4v) is 5.16. The molecular formula is C25H33N5O4S. The van der Waals surface area contributed by atoms with Gasteiger partial charge in [-0.2, -0.15) is 4.98 Å². The summed E-state index contributed by atoms with van der Waals surface area (Å²) in [4.78, 5) is 31.9. The number of ketones is 1. The molecule has 0 saturated heterocycles. The maximum Gasteiger partial charge on any atom is 0.260 e. The zero-order valence-corrected chi connectivity index (χ0v) is 21.6. The van der Waals surface area contributed by atoms with E-state index < -0.39 is 6.04 Å². The molecule has 2 aliphatic rings. The van der Waals surface area contributed by atoms with Gasteiger partial charge < -0.3 is 19.7 Å². The first-order chi connectivity index (χ1) is 17.0. The molecule has 1 N–H and O–H groups in total. The van der Waals surface area contributed by atoms with Gasteiger partial charge in [0.2, 0.25) is 11.1 Å². The third-order valence-electron chi connectivity index (χ3n) is 6.25. The highest BCUT2D eigenvalue weighted by atomic mass is 32.2. The Morgan fingerprint density at radius 2 is 2.03 bits per heavy atom. The van der Waals surface area contributed by atoms with Gasteiger partial charge in [0.15, 0.2) is 23.9 Å². The molecule has 0 saturated carbocycles. The second-order valence-corrected chi connectivity index (χ2v) is 9.53. The minimum Gasteiger partial charge on any atom is -0.493 e. The van der Waals surface area contributed by atoms with Gasteiger partial charge in [-0.3, -0.25) is 9.59 Å². The maximum absolute atomic E-state index is 13.1. The zero-order chi connectivity index (χ0) is 24.9. The van der Waals surface area contributed by atoms with Gasteiger partial charge >= 0.3 is 0 Å². The smallest absolute Gasteiger partial charge is 0.260 e. The number of nitrogens with zero attached hydrogens (tertiary/aromatic N) is 4. The van der Waals surface area contributed by atoms with Crippen LogP contribution >= 0.6 is 11.8 Å². The number of benzene rings is 1. The molecule has 1 atom stereocenters. The molecule has 4 rings (SSSR count). The number of hydrogen-bond donors (Lipinski definition) is 1. The lowest BCUT2D eigenvalue weighted by molar-refractivity contribution is -0.133. The van der Waals surface area contributed by atoms with Crippen molar-refractivity contribution in [2.75, 3.05) is 37.9 Å². The number of ether oxygens (including phenoxy) is 2. The van der Waals surface area contributed by atoms with Crippen molar-refractivity contribution in [1.29, 1.82) is 0 Å². The molecule has 9 nitrogen and oxygen atoms in total. The van der Waals surface area contributed by atoms with E-state index in [1.807, 2.05) is 26.0 Å². The van der Waals surface area contributed by atoms with Crippen LogP contribution in [0.25, 0.3) is 0 Å².